The number of Topliss-reactive ketones (excluding diaryl/α,β-unsaturated/α-hetero) is 1. The first-order chi connectivity index (χ1) is 9.91. The van der Waals surface area contributed by atoms with Crippen LogP contribution in [-0.4, -0.2) is 18.0 Å². The Morgan fingerprint density at radius 1 is 1.48 bits per heavy atom. The molecule has 1 saturated carbocycles. The van der Waals surface area contributed by atoms with Crippen LogP contribution in [0.15, 0.2) is 16.6 Å². The van der Waals surface area contributed by atoms with Gasteiger partial charge in [0.1, 0.15) is 11.4 Å². The van der Waals surface area contributed by atoms with Crippen molar-refractivity contribution in [2.45, 2.75) is 45.1 Å². The molecule has 0 heterocycles. The van der Waals surface area contributed by atoms with Gasteiger partial charge in [0.05, 0.1) is 10.0 Å². The third kappa shape index (κ3) is 3.19. The molecule has 2 unspecified atom stereocenters. The van der Waals surface area contributed by atoms with E-state index >= 15 is 0 Å². The summed E-state index contributed by atoms with van der Waals surface area (Å²) in [7, 11) is 0. The van der Waals surface area contributed by atoms with Gasteiger partial charge in [-0.3, -0.25) is 4.79 Å². The predicted octanol–water partition coefficient (Wildman–Crippen LogP) is 4.90. The number of ether oxygens (including phenoxy) is 1. The number of benzene rings is 1. The van der Waals surface area contributed by atoms with Crippen molar-refractivity contribution in [3.8, 4) is 0 Å². The summed E-state index contributed by atoms with van der Waals surface area (Å²) >= 11 is 3.01. The van der Waals surface area contributed by atoms with Crippen molar-refractivity contribution >= 4 is 21.7 Å². The van der Waals surface area contributed by atoms with E-state index in [1.165, 1.54) is 6.07 Å². The second-order valence-corrected chi connectivity index (χ2v) is 6.53. The topological polar surface area (TPSA) is 26.3 Å². The summed E-state index contributed by atoms with van der Waals surface area (Å²) in [6.07, 6.45) is 2.84. The van der Waals surface area contributed by atoms with Crippen LogP contribution in [-0.2, 0) is 4.74 Å². The number of rotatable bonds is 4. The van der Waals surface area contributed by atoms with E-state index in [1.807, 2.05) is 6.92 Å². The molecule has 116 valence electrons. The summed E-state index contributed by atoms with van der Waals surface area (Å²) in [6, 6.07) is 2.37. The molecule has 0 spiro atoms. The van der Waals surface area contributed by atoms with Crippen LogP contribution in [0.2, 0.25) is 0 Å². The van der Waals surface area contributed by atoms with Crippen LogP contribution in [0.25, 0.3) is 0 Å². The third-order valence-corrected chi connectivity index (χ3v) is 4.67. The van der Waals surface area contributed by atoms with E-state index in [4.69, 9.17) is 4.74 Å². The lowest BCUT2D eigenvalue weighted by Gasteiger charge is -2.38. The summed E-state index contributed by atoms with van der Waals surface area (Å²) in [6.45, 7) is 4.17. The van der Waals surface area contributed by atoms with E-state index in [1.54, 1.807) is 6.92 Å². The first-order valence-corrected chi connectivity index (χ1v) is 8.03. The summed E-state index contributed by atoms with van der Waals surface area (Å²) in [5.41, 5.74) is -1.60. The monoisotopic (exact) mass is 360 g/mol. The highest BCUT2D eigenvalue weighted by atomic mass is 79.9. The predicted molar refractivity (Wildman–Crippen MR) is 80.4 cm³/mol. The van der Waals surface area contributed by atoms with E-state index in [0.29, 0.717) is 25.4 Å². The molecule has 2 rings (SSSR count). The van der Waals surface area contributed by atoms with Crippen LogP contribution in [0, 0.1) is 17.6 Å². The molecule has 0 N–H and O–H groups in total. The van der Waals surface area contributed by atoms with Gasteiger partial charge < -0.3 is 4.74 Å². The van der Waals surface area contributed by atoms with Crippen molar-refractivity contribution < 1.29 is 18.3 Å². The van der Waals surface area contributed by atoms with Gasteiger partial charge in [-0.1, -0.05) is 13.3 Å². The van der Waals surface area contributed by atoms with E-state index in [2.05, 4.69) is 15.9 Å². The molecule has 0 radical (unpaired) electrons. The Bertz CT molecular complexity index is 543. The fourth-order valence-electron chi connectivity index (χ4n) is 3.15. The molecule has 2 nitrogen and oxygen atoms in total. The zero-order valence-corrected chi connectivity index (χ0v) is 13.8. The quantitative estimate of drug-likeness (QED) is 0.564. The lowest BCUT2D eigenvalue weighted by atomic mass is 9.74. The van der Waals surface area contributed by atoms with Crippen LogP contribution in [0.5, 0.6) is 0 Å². The summed E-state index contributed by atoms with van der Waals surface area (Å²) in [5.74, 6) is -1.96. The first-order valence-electron chi connectivity index (χ1n) is 7.23. The van der Waals surface area contributed by atoms with Crippen LogP contribution < -0.4 is 0 Å². The fourth-order valence-corrected chi connectivity index (χ4v) is 3.48. The molecule has 0 saturated heterocycles. The molecule has 2 atom stereocenters. The summed E-state index contributed by atoms with van der Waals surface area (Å²) in [5, 5.41) is 0. The second kappa shape index (κ2) is 6.53. The molecule has 1 fully saturated rings. The maximum absolute atomic E-state index is 14.2. The Labute approximate surface area is 132 Å². The molecule has 5 heteroatoms. The fraction of sp³-hybridized carbons (Fsp3) is 0.562. The Morgan fingerprint density at radius 3 is 2.81 bits per heavy atom. The molecule has 1 aliphatic rings. The van der Waals surface area contributed by atoms with Crippen LogP contribution in [0.1, 0.15) is 49.9 Å². The number of halogens is 3. The van der Waals surface area contributed by atoms with Gasteiger partial charge in [-0.15, -0.1) is 0 Å². The van der Waals surface area contributed by atoms with Crippen molar-refractivity contribution in [1.82, 2.24) is 0 Å². The molecule has 1 aromatic carbocycles. The Morgan fingerprint density at radius 2 is 2.19 bits per heavy atom. The zero-order valence-electron chi connectivity index (χ0n) is 12.2. The van der Waals surface area contributed by atoms with Gasteiger partial charge >= 0.3 is 0 Å². The van der Waals surface area contributed by atoms with E-state index in [-0.39, 0.29) is 4.47 Å². The van der Waals surface area contributed by atoms with Crippen molar-refractivity contribution in [2.24, 2.45) is 5.92 Å². The minimum Gasteiger partial charge on any atom is -0.367 e. The van der Waals surface area contributed by atoms with Gasteiger partial charge in [0, 0.05) is 6.61 Å². The highest BCUT2D eigenvalue weighted by Crippen LogP contribution is 2.39. The average Bonchev–Trinajstić information content (AvgIpc) is 2.43. The maximum Gasteiger partial charge on any atom is 0.200 e. The van der Waals surface area contributed by atoms with Gasteiger partial charge in [-0.05, 0) is 60.2 Å². The molecule has 1 aromatic rings. The first kappa shape index (κ1) is 16.6. The van der Waals surface area contributed by atoms with Crippen molar-refractivity contribution in [2.75, 3.05) is 6.61 Å². The number of carbonyl (C=O) groups excluding carboxylic acids is 1. The highest BCUT2D eigenvalue weighted by molar-refractivity contribution is 9.10. The van der Waals surface area contributed by atoms with Crippen molar-refractivity contribution in [1.29, 1.82) is 0 Å². The molecule has 0 aromatic heterocycles. The number of hydrogen-bond acceptors (Lipinski definition) is 2. The number of carbonyl (C=O) groups is 1. The number of ketones is 1. The summed E-state index contributed by atoms with van der Waals surface area (Å²) < 4.78 is 34.0. The van der Waals surface area contributed by atoms with Crippen molar-refractivity contribution in [3.05, 3.63) is 33.8 Å². The number of hydrogen-bond donors (Lipinski definition) is 0. The normalized spacial score (nSPS) is 25.9. The third-order valence-electron chi connectivity index (χ3n) is 4.06. The average molecular weight is 361 g/mol. The Balaban J connectivity index is 2.47. The van der Waals surface area contributed by atoms with Gasteiger partial charge in [0.2, 0.25) is 5.78 Å². The lowest BCUT2D eigenvalue weighted by Crippen LogP contribution is -2.46. The van der Waals surface area contributed by atoms with Gasteiger partial charge in [0.15, 0.2) is 5.82 Å². The summed E-state index contributed by atoms with van der Waals surface area (Å²) in [4.78, 5) is 12.8. The molecular formula is C16H19BrF2O2. The minimum atomic E-state index is -1.10. The highest BCUT2D eigenvalue weighted by Gasteiger charge is 2.44. The van der Waals surface area contributed by atoms with Crippen LogP contribution >= 0.6 is 15.9 Å². The van der Waals surface area contributed by atoms with E-state index in [0.717, 1.165) is 18.9 Å². The minimum absolute atomic E-state index is 0.0859. The molecule has 0 bridgehead atoms. The maximum atomic E-state index is 14.2. The largest absolute Gasteiger partial charge is 0.367 e. The van der Waals surface area contributed by atoms with Crippen molar-refractivity contribution in [3.63, 3.8) is 0 Å². The SMILES string of the molecule is CCOC1(C(=O)c2c(F)ccc(Br)c2F)CCCC(C)C1. The second-order valence-electron chi connectivity index (χ2n) is 5.68. The van der Waals surface area contributed by atoms with Crippen LogP contribution in [0.4, 0.5) is 8.78 Å². The molecule has 0 aliphatic heterocycles. The molecular weight excluding hydrogens is 342 g/mol. The molecule has 0 amide bonds. The molecule has 21 heavy (non-hydrogen) atoms. The Kier molecular flexibility index (Phi) is 5.15. The van der Waals surface area contributed by atoms with Gasteiger partial charge in [-0.25, -0.2) is 8.78 Å². The van der Waals surface area contributed by atoms with Gasteiger partial charge in [-0.2, -0.15) is 0 Å². The molecule has 1 aliphatic carbocycles. The lowest BCUT2D eigenvalue weighted by molar-refractivity contribution is -0.0516. The van der Waals surface area contributed by atoms with E-state index in [9.17, 15) is 13.6 Å². The smallest absolute Gasteiger partial charge is 0.200 e. The van der Waals surface area contributed by atoms with Gasteiger partial charge in [0.25, 0.3) is 0 Å². The zero-order chi connectivity index (χ0) is 15.6. The standard InChI is InChI=1S/C16H19BrF2O2/c1-3-21-16(8-4-5-10(2)9-16)15(20)13-12(18)7-6-11(17)14(13)19/h6-7,10H,3-5,8-9H2,1-2H3. The van der Waals surface area contributed by atoms with E-state index < -0.39 is 28.6 Å². The Hall–Kier alpha value is -0.810. The van der Waals surface area contributed by atoms with Crippen LogP contribution in [0.3, 0.4) is 0 Å².